The largest absolute Gasteiger partial charge is 0.462 e. The quantitative estimate of drug-likeness (QED) is 0.228. The molecule has 0 aliphatic heterocycles. The molecule has 0 saturated heterocycles. The van der Waals surface area contributed by atoms with Gasteiger partial charge in [0.15, 0.2) is 11.2 Å². The van der Waals surface area contributed by atoms with Gasteiger partial charge in [-0.3, -0.25) is 28.8 Å². The van der Waals surface area contributed by atoms with Gasteiger partial charge in [0.1, 0.15) is 18.3 Å². The molecule has 0 radical (unpaired) electrons. The van der Waals surface area contributed by atoms with Crippen LogP contribution in [-0.4, -0.2) is 76.9 Å². The molecule has 0 amide bonds. The monoisotopic (exact) mass is 620 g/mol. The van der Waals surface area contributed by atoms with Crippen LogP contribution in [0.15, 0.2) is 24.3 Å². The van der Waals surface area contributed by atoms with Crippen molar-refractivity contribution in [3.63, 3.8) is 0 Å². The van der Waals surface area contributed by atoms with E-state index in [-0.39, 0.29) is 12.8 Å². The third-order valence-corrected chi connectivity index (χ3v) is 9.16. The molecular weight excluding hydrogens is 576 g/mol. The maximum atomic E-state index is 15.2. The Balaban J connectivity index is 2.62. The summed E-state index contributed by atoms with van der Waals surface area (Å²) in [4.78, 5) is 79.2. The zero-order chi connectivity index (χ0) is 33.4. The van der Waals surface area contributed by atoms with Crippen molar-refractivity contribution in [1.82, 2.24) is 0 Å². The molecule has 244 valence electrons. The number of carbonyl (C=O) groups excluding carboxylic acids is 6. The summed E-state index contributed by atoms with van der Waals surface area (Å²) >= 11 is 0. The normalized spacial score (nSPS) is 37.5. The number of carbonyl (C=O) groups is 6. The SMILES string of the molecule is C=C(C)[C@H]1C=C[C@@H](OC(C)=O)[C@@]2(CO)[C@H](OC(=O)CCC)[C@H]3[C@@H](OC(C)=O)[C@@H](C)C[C@]3(OC(C)=O)C(=O)[C@@](C)(OC(C)=O)[C@H]12. The van der Waals surface area contributed by atoms with Crippen LogP contribution in [0.25, 0.3) is 0 Å². The Bertz CT molecular complexity index is 1250. The third kappa shape index (κ3) is 5.80. The number of rotatable bonds is 9. The molecule has 0 aromatic carbocycles. The first-order valence-corrected chi connectivity index (χ1v) is 14.8. The second-order valence-corrected chi connectivity index (χ2v) is 12.5. The Labute approximate surface area is 257 Å². The number of fused-ring (bicyclic) bond motifs is 2. The van der Waals surface area contributed by atoms with Crippen molar-refractivity contribution in [3.05, 3.63) is 24.3 Å². The summed E-state index contributed by atoms with van der Waals surface area (Å²) in [6, 6.07) is 0. The highest BCUT2D eigenvalue weighted by molar-refractivity contribution is 5.99. The first kappa shape index (κ1) is 34.9. The predicted octanol–water partition coefficient (Wildman–Crippen LogP) is 2.78. The van der Waals surface area contributed by atoms with Gasteiger partial charge in [0.05, 0.1) is 17.9 Å². The molecule has 2 fully saturated rings. The van der Waals surface area contributed by atoms with E-state index in [4.69, 9.17) is 23.7 Å². The fourth-order valence-corrected chi connectivity index (χ4v) is 7.97. The summed E-state index contributed by atoms with van der Waals surface area (Å²) < 4.78 is 29.6. The van der Waals surface area contributed by atoms with Crippen LogP contribution in [0.3, 0.4) is 0 Å². The molecule has 0 aromatic heterocycles. The second kappa shape index (κ2) is 12.8. The minimum atomic E-state index is -2.17. The average Bonchev–Trinajstić information content (AvgIpc) is 3.13. The van der Waals surface area contributed by atoms with Gasteiger partial charge in [0.25, 0.3) is 0 Å². The number of ether oxygens (including phenoxy) is 5. The molecular formula is C32H44O12. The zero-order valence-electron chi connectivity index (χ0n) is 26.7. The van der Waals surface area contributed by atoms with Gasteiger partial charge in [0.2, 0.25) is 5.78 Å². The number of aliphatic hydroxyl groups is 1. The lowest BCUT2D eigenvalue weighted by atomic mass is 9.53. The van der Waals surface area contributed by atoms with Gasteiger partial charge in [-0.05, 0) is 32.3 Å². The van der Waals surface area contributed by atoms with Gasteiger partial charge in [-0.15, -0.1) is 0 Å². The van der Waals surface area contributed by atoms with Crippen LogP contribution in [0.1, 0.15) is 74.7 Å². The van der Waals surface area contributed by atoms with Gasteiger partial charge >= 0.3 is 29.8 Å². The van der Waals surface area contributed by atoms with Crippen molar-refractivity contribution >= 4 is 35.6 Å². The molecule has 3 aliphatic carbocycles. The number of Topliss-reactive ketones (excluding diaryl/α,β-unsaturated/α-hetero) is 1. The predicted molar refractivity (Wildman–Crippen MR) is 153 cm³/mol. The first-order valence-electron chi connectivity index (χ1n) is 14.8. The average molecular weight is 621 g/mol. The van der Waals surface area contributed by atoms with Crippen LogP contribution in [-0.2, 0) is 52.5 Å². The Hall–Kier alpha value is -3.54. The minimum Gasteiger partial charge on any atom is -0.462 e. The van der Waals surface area contributed by atoms with Crippen LogP contribution < -0.4 is 0 Å². The Morgan fingerprint density at radius 1 is 0.932 bits per heavy atom. The molecule has 0 spiro atoms. The summed E-state index contributed by atoms with van der Waals surface area (Å²) in [6.45, 7) is 14.2. The molecule has 3 rings (SSSR count). The number of allylic oxidation sites excluding steroid dienone is 2. The molecule has 2 saturated carbocycles. The van der Waals surface area contributed by atoms with E-state index in [9.17, 15) is 29.1 Å². The Morgan fingerprint density at radius 3 is 2.00 bits per heavy atom. The van der Waals surface area contributed by atoms with Crippen LogP contribution in [0.2, 0.25) is 0 Å². The van der Waals surface area contributed by atoms with Crippen LogP contribution in [0, 0.1) is 29.1 Å². The van der Waals surface area contributed by atoms with Crippen molar-refractivity contribution in [2.24, 2.45) is 29.1 Å². The van der Waals surface area contributed by atoms with Crippen molar-refractivity contribution in [3.8, 4) is 0 Å². The van der Waals surface area contributed by atoms with Crippen molar-refractivity contribution in [2.45, 2.75) is 104 Å². The fraction of sp³-hybridized carbons (Fsp3) is 0.688. The van der Waals surface area contributed by atoms with E-state index in [0.717, 1.165) is 20.8 Å². The van der Waals surface area contributed by atoms with Gasteiger partial charge < -0.3 is 28.8 Å². The van der Waals surface area contributed by atoms with E-state index in [1.807, 2.05) is 0 Å². The summed E-state index contributed by atoms with van der Waals surface area (Å²) in [7, 11) is 0. The Morgan fingerprint density at radius 2 is 1.52 bits per heavy atom. The van der Waals surface area contributed by atoms with E-state index in [0.29, 0.717) is 12.0 Å². The van der Waals surface area contributed by atoms with E-state index in [1.54, 1.807) is 26.8 Å². The topological polar surface area (TPSA) is 169 Å². The van der Waals surface area contributed by atoms with Gasteiger partial charge in [-0.25, -0.2) is 0 Å². The minimum absolute atomic E-state index is 0.0586. The lowest BCUT2D eigenvalue weighted by molar-refractivity contribution is -0.224. The number of ketones is 1. The van der Waals surface area contributed by atoms with Crippen LogP contribution in [0.4, 0.5) is 0 Å². The summed E-state index contributed by atoms with van der Waals surface area (Å²) in [5.41, 5.74) is -5.74. The molecule has 1 N–H and O–H groups in total. The third-order valence-electron chi connectivity index (χ3n) is 9.16. The molecule has 10 atom stereocenters. The Kier molecular flexibility index (Phi) is 10.2. The molecule has 0 bridgehead atoms. The maximum absolute atomic E-state index is 15.2. The van der Waals surface area contributed by atoms with Crippen LogP contribution >= 0.6 is 0 Å². The number of esters is 5. The molecule has 0 aromatic rings. The van der Waals surface area contributed by atoms with Crippen LogP contribution in [0.5, 0.6) is 0 Å². The molecule has 0 heterocycles. The first-order chi connectivity index (χ1) is 20.4. The summed E-state index contributed by atoms with van der Waals surface area (Å²) in [5, 5.41) is 11.6. The molecule has 44 heavy (non-hydrogen) atoms. The molecule has 0 unspecified atom stereocenters. The van der Waals surface area contributed by atoms with Gasteiger partial charge in [-0.1, -0.05) is 32.1 Å². The molecule has 3 aliphatic rings. The van der Waals surface area contributed by atoms with E-state index in [1.165, 1.54) is 19.9 Å². The summed E-state index contributed by atoms with van der Waals surface area (Å²) in [5.74, 6) is -8.85. The second-order valence-electron chi connectivity index (χ2n) is 12.5. The van der Waals surface area contributed by atoms with Gasteiger partial charge in [-0.2, -0.15) is 0 Å². The summed E-state index contributed by atoms with van der Waals surface area (Å²) in [6.07, 6.45) is -0.786. The zero-order valence-corrected chi connectivity index (χ0v) is 26.7. The highest BCUT2D eigenvalue weighted by atomic mass is 16.6. The van der Waals surface area contributed by atoms with E-state index >= 15 is 4.79 Å². The fourth-order valence-electron chi connectivity index (χ4n) is 7.97. The molecule has 12 heteroatoms. The van der Waals surface area contributed by atoms with Gasteiger partial charge in [0, 0.05) is 52.4 Å². The lowest BCUT2D eigenvalue weighted by Gasteiger charge is -2.55. The number of aliphatic hydroxyl groups excluding tert-OH is 1. The van der Waals surface area contributed by atoms with Crippen molar-refractivity contribution in [1.29, 1.82) is 0 Å². The highest BCUT2D eigenvalue weighted by Crippen LogP contribution is 2.63. The lowest BCUT2D eigenvalue weighted by Crippen LogP contribution is -2.66. The maximum Gasteiger partial charge on any atom is 0.306 e. The number of hydrogen-bond donors (Lipinski definition) is 1. The van der Waals surface area contributed by atoms with E-state index in [2.05, 4.69) is 6.58 Å². The molecule has 12 nitrogen and oxygen atoms in total. The smallest absolute Gasteiger partial charge is 0.306 e. The van der Waals surface area contributed by atoms with Crippen molar-refractivity contribution < 1.29 is 57.6 Å². The number of hydrogen-bond acceptors (Lipinski definition) is 12. The van der Waals surface area contributed by atoms with Crippen molar-refractivity contribution in [2.75, 3.05) is 6.61 Å². The highest BCUT2D eigenvalue weighted by Gasteiger charge is 2.79. The standard InChI is InChI=1S/C32H44O12/c1-10-11-24(38)42-28-25-26(41-19(6)35)17(4)14-32(25,44-21(8)37)29(39)30(9,43-20(7)36)27-22(16(2)3)12-13-23(40-18(5)34)31(27,28)15-33/h12-13,17,22-23,25-28,33H,2,10-11,14-15H2,1,3-9H3/t17-,22+,23+,25+,26-,27-,28+,30-,31+,32+/m0/s1. The van der Waals surface area contributed by atoms with E-state index < -0.39 is 101 Å².